The molecule has 0 radical (unpaired) electrons. The molecule has 38 valence electrons. The fourth-order valence-corrected chi connectivity index (χ4v) is 0. The monoisotopic (exact) mass is 143 g/mol. The minimum atomic E-state index is -1.17. The van der Waals surface area contributed by atoms with Gasteiger partial charge in [-0.2, -0.15) is 0 Å². The molecule has 6 heavy (non-hydrogen) atoms. The van der Waals surface area contributed by atoms with Gasteiger partial charge in [-0.3, -0.25) is 0 Å². The van der Waals surface area contributed by atoms with Gasteiger partial charge in [0, 0.05) is 0 Å². The van der Waals surface area contributed by atoms with E-state index in [-0.39, 0.29) is 0 Å². The Balaban J connectivity index is 3.17. The van der Waals surface area contributed by atoms with E-state index < -0.39 is 15.0 Å². The Labute approximate surface area is 43.8 Å². The topological polar surface area (TPSA) is 0 Å². The number of hydrogen-bond acceptors (Lipinski definition) is 0. The van der Waals surface area contributed by atoms with E-state index in [0.29, 0.717) is 0 Å². The standard InChI is InChI=1S/C2H5.3CH3.Ga/c1-2;;;;/h1H2,2H3;3*1H3;/q;;;;-1. The molecule has 0 nitrogen and oxygen atoms in total. The number of hydrogen-bond donors (Lipinski definition) is 0. The predicted octanol–water partition coefficient (Wildman–Crippen LogP) is 2.34. The second kappa shape index (κ2) is 2.08. The average Bonchev–Trinajstić information content (AvgIpc) is 1.35. The second-order valence-electron chi connectivity index (χ2n) is 3.37. The Morgan fingerprint density at radius 3 is 1.33 bits per heavy atom. The zero-order chi connectivity index (χ0) is 5.21. The van der Waals surface area contributed by atoms with E-state index in [2.05, 4.69) is 23.4 Å². The molecule has 0 unspecified atom stereocenters. The van der Waals surface area contributed by atoms with Crippen molar-refractivity contribution in [1.82, 2.24) is 0 Å². The van der Waals surface area contributed by atoms with Crippen molar-refractivity contribution in [2.75, 3.05) is 0 Å². The molecule has 0 rings (SSSR count). The Hall–Kier alpha value is 0.636. The first kappa shape index (κ1) is 6.64. The van der Waals surface area contributed by atoms with Gasteiger partial charge in [0.1, 0.15) is 0 Å². The van der Waals surface area contributed by atoms with Crippen LogP contribution in [0.2, 0.25) is 21.4 Å². The molecule has 1 heteroatoms. The van der Waals surface area contributed by atoms with Crippen molar-refractivity contribution < 1.29 is 0 Å². The van der Waals surface area contributed by atoms with Gasteiger partial charge >= 0.3 is 43.4 Å². The molecule has 0 aliphatic rings. The van der Waals surface area contributed by atoms with Crippen LogP contribution in [0.15, 0.2) is 0 Å². The molecule has 0 amide bonds. The molecule has 0 saturated carbocycles. The van der Waals surface area contributed by atoms with Crippen LogP contribution in [0.3, 0.4) is 0 Å². The summed E-state index contributed by atoms with van der Waals surface area (Å²) < 4.78 is 0. The minimum absolute atomic E-state index is 1.17. The Bertz CT molecular complexity index is 33.7. The van der Waals surface area contributed by atoms with Gasteiger partial charge in [-0.05, 0) is 0 Å². The molecule has 0 bridgehead atoms. The van der Waals surface area contributed by atoms with Crippen LogP contribution in [0.4, 0.5) is 0 Å². The molecule has 0 N–H and O–H groups in total. The first-order valence-electron chi connectivity index (χ1n) is 2.85. The number of rotatable bonds is 1. The summed E-state index contributed by atoms with van der Waals surface area (Å²) >= 11 is -1.17. The molecule has 0 heterocycles. The van der Waals surface area contributed by atoms with Crippen LogP contribution in [-0.4, -0.2) is 15.0 Å². The van der Waals surface area contributed by atoms with E-state index >= 15 is 0 Å². The van der Waals surface area contributed by atoms with Gasteiger partial charge in [-0.15, -0.1) is 0 Å². The maximum atomic E-state index is 2.45. The van der Waals surface area contributed by atoms with E-state index in [4.69, 9.17) is 0 Å². The third-order valence-corrected chi connectivity index (χ3v) is 6.36. The summed E-state index contributed by atoms with van der Waals surface area (Å²) in [5, 5.41) is 0. The average molecular weight is 144 g/mol. The Kier molecular flexibility index (Phi) is 2.30. The summed E-state index contributed by atoms with van der Waals surface area (Å²) in [7, 11) is 0. The molecule has 0 atom stereocenters. The van der Waals surface area contributed by atoms with Gasteiger partial charge in [0.25, 0.3) is 0 Å². The molecular formula is C5H14Ga-. The van der Waals surface area contributed by atoms with Crippen molar-refractivity contribution in [3.63, 3.8) is 0 Å². The van der Waals surface area contributed by atoms with Crippen LogP contribution in [0.5, 0.6) is 0 Å². The Morgan fingerprint density at radius 1 is 1.17 bits per heavy atom. The normalized spacial score (nSPS) is 12.0. The van der Waals surface area contributed by atoms with Crippen LogP contribution in [0.25, 0.3) is 0 Å². The van der Waals surface area contributed by atoms with E-state index in [9.17, 15) is 0 Å². The molecule has 0 saturated heterocycles. The molecule has 0 aromatic heterocycles. The summed E-state index contributed by atoms with van der Waals surface area (Å²) in [6, 6.07) is 0. The van der Waals surface area contributed by atoms with Crippen LogP contribution in [0, 0.1) is 0 Å². The van der Waals surface area contributed by atoms with Crippen LogP contribution < -0.4 is 0 Å². The summed E-state index contributed by atoms with van der Waals surface area (Å²) in [6.45, 7) is 2.30. The molecular weight excluding hydrogens is 130 g/mol. The van der Waals surface area contributed by atoms with Crippen molar-refractivity contribution >= 4 is 15.0 Å². The molecule has 0 aromatic rings. The third-order valence-electron chi connectivity index (χ3n) is 1.22. The van der Waals surface area contributed by atoms with E-state index in [1.807, 2.05) is 0 Å². The zero-order valence-corrected chi connectivity index (χ0v) is 7.71. The SMILES string of the molecule is C[CH2][Ga-]([CH3])([CH3])[CH3]. The van der Waals surface area contributed by atoms with Gasteiger partial charge in [-0.25, -0.2) is 0 Å². The fraction of sp³-hybridized carbons (Fsp3) is 1.00. The van der Waals surface area contributed by atoms with Crippen LogP contribution in [0.1, 0.15) is 6.92 Å². The van der Waals surface area contributed by atoms with Gasteiger partial charge in [-0.1, -0.05) is 0 Å². The molecule has 0 aromatic carbocycles. The van der Waals surface area contributed by atoms with E-state index in [1.165, 1.54) is 4.98 Å². The molecule has 0 aliphatic carbocycles. The third kappa shape index (κ3) is 4.64. The van der Waals surface area contributed by atoms with Gasteiger partial charge in [0.05, 0.1) is 0 Å². The summed E-state index contributed by atoms with van der Waals surface area (Å²) in [5.74, 6) is 0. The predicted molar refractivity (Wildman–Crippen MR) is 33.8 cm³/mol. The van der Waals surface area contributed by atoms with E-state index in [1.54, 1.807) is 0 Å². The van der Waals surface area contributed by atoms with Crippen LogP contribution >= 0.6 is 0 Å². The molecule has 0 spiro atoms. The summed E-state index contributed by atoms with van der Waals surface area (Å²) in [6.07, 6.45) is 0. The van der Waals surface area contributed by atoms with Gasteiger partial charge < -0.3 is 0 Å². The fourth-order valence-electron chi connectivity index (χ4n) is 0. The van der Waals surface area contributed by atoms with Gasteiger partial charge in [0.2, 0.25) is 0 Å². The van der Waals surface area contributed by atoms with Crippen LogP contribution in [-0.2, 0) is 0 Å². The van der Waals surface area contributed by atoms with Crippen molar-refractivity contribution in [3.8, 4) is 0 Å². The first-order valence-corrected chi connectivity index (χ1v) is 11.8. The second-order valence-corrected chi connectivity index (χ2v) is 17.5. The molecule has 0 aliphatic heterocycles. The van der Waals surface area contributed by atoms with Crippen molar-refractivity contribution in [3.05, 3.63) is 0 Å². The summed E-state index contributed by atoms with van der Waals surface area (Å²) in [5.41, 5.74) is 7.34. The summed E-state index contributed by atoms with van der Waals surface area (Å²) in [4.78, 5) is 1.47. The quantitative estimate of drug-likeness (QED) is 0.495. The van der Waals surface area contributed by atoms with Gasteiger partial charge in [0.15, 0.2) is 0 Å². The maximum absolute atomic E-state index is 2.45. The van der Waals surface area contributed by atoms with Crippen molar-refractivity contribution in [2.45, 2.75) is 28.3 Å². The zero-order valence-electron chi connectivity index (χ0n) is 5.28. The molecule has 0 fully saturated rings. The van der Waals surface area contributed by atoms with E-state index in [0.717, 1.165) is 0 Å². The Morgan fingerprint density at radius 2 is 1.33 bits per heavy atom. The van der Waals surface area contributed by atoms with Crippen molar-refractivity contribution in [1.29, 1.82) is 0 Å². The first-order chi connectivity index (χ1) is 2.56. The van der Waals surface area contributed by atoms with Crippen molar-refractivity contribution in [2.24, 2.45) is 0 Å².